The maximum absolute atomic E-state index is 12.0. The summed E-state index contributed by atoms with van der Waals surface area (Å²) in [5.41, 5.74) is 5.03. The minimum atomic E-state index is -0.244. The molecule has 0 bridgehead atoms. The lowest BCUT2D eigenvalue weighted by Gasteiger charge is -2.09. The summed E-state index contributed by atoms with van der Waals surface area (Å²) >= 11 is 0. The molecule has 0 aliphatic carbocycles. The van der Waals surface area contributed by atoms with Gasteiger partial charge in [-0.3, -0.25) is 20.3 Å². The first kappa shape index (κ1) is 13.0. The van der Waals surface area contributed by atoms with E-state index in [-0.39, 0.29) is 5.91 Å². The summed E-state index contributed by atoms with van der Waals surface area (Å²) in [6.45, 7) is 2.19. The first-order chi connectivity index (χ1) is 9.10. The number of nitrogen functional groups attached to an aromatic ring is 1. The molecule has 2 aromatic heterocycles. The highest BCUT2D eigenvalue weighted by molar-refractivity contribution is 5.99. The van der Waals surface area contributed by atoms with Crippen LogP contribution in [0.25, 0.3) is 0 Å². The van der Waals surface area contributed by atoms with Gasteiger partial charge >= 0.3 is 0 Å². The predicted octanol–water partition coefficient (Wildman–Crippen LogP) is 0.339. The summed E-state index contributed by atoms with van der Waals surface area (Å²) in [4.78, 5) is 16.1. The van der Waals surface area contributed by atoms with E-state index in [1.807, 2.05) is 26.2 Å². The summed E-state index contributed by atoms with van der Waals surface area (Å²) in [7, 11) is 1.83. The standard InChI is InChI=1S/C12H16N6O/c1-8-5-11(16-13)10(7-14-8)12(19)15-6-9-3-4-18(2)17-9/h3-5,7H,6,13H2,1-2H3,(H,14,16)(H,15,19). The van der Waals surface area contributed by atoms with Gasteiger partial charge in [-0.25, -0.2) is 0 Å². The highest BCUT2D eigenvalue weighted by atomic mass is 16.1. The smallest absolute Gasteiger partial charge is 0.255 e. The normalized spacial score (nSPS) is 10.3. The third kappa shape index (κ3) is 3.08. The van der Waals surface area contributed by atoms with Crippen LogP contribution in [0.3, 0.4) is 0 Å². The molecule has 0 saturated carbocycles. The largest absolute Gasteiger partial charge is 0.346 e. The fourth-order valence-electron chi connectivity index (χ4n) is 1.68. The quantitative estimate of drug-likeness (QED) is 0.544. The van der Waals surface area contributed by atoms with Gasteiger partial charge in [0.25, 0.3) is 5.91 Å². The molecule has 0 aliphatic rings. The van der Waals surface area contributed by atoms with Crippen LogP contribution in [0.15, 0.2) is 24.5 Å². The van der Waals surface area contributed by atoms with E-state index in [2.05, 4.69) is 20.8 Å². The second kappa shape index (κ2) is 5.49. The van der Waals surface area contributed by atoms with E-state index >= 15 is 0 Å². The Kier molecular flexibility index (Phi) is 3.76. The molecule has 2 rings (SSSR count). The number of carbonyl (C=O) groups excluding carboxylic acids is 1. The topological polar surface area (TPSA) is 97.9 Å². The van der Waals surface area contributed by atoms with Gasteiger partial charge in [0.05, 0.1) is 23.5 Å². The average Bonchev–Trinajstić information content (AvgIpc) is 2.81. The van der Waals surface area contributed by atoms with Crippen LogP contribution in [0.1, 0.15) is 21.7 Å². The minimum absolute atomic E-state index is 0.244. The number of aryl methyl sites for hydroxylation is 2. The van der Waals surface area contributed by atoms with Gasteiger partial charge in [0.15, 0.2) is 0 Å². The number of nitrogens with one attached hydrogen (secondary N) is 2. The number of amides is 1. The Hall–Kier alpha value is -2.41. The van der Waals surface area contributed by atoms with Gasteiger partial charge in [-0.2, -0.15) is 5.10 Å². The van der Waals surface area contributed by atoms with Crippen molar-refractivity contribution in [3.8, 4) is 0 Å². The molecule has 100 valence electrons. The third-order valence-corrected chi connectivity index (χ3v) is 2.64. The first-order valence-corrected chi connectivity index (χ1v) is 5.80. The van der Waals surface area contributed by atoms with E-state index in [1.165, 1.54) is 6.20 Å². The lowest BCUT2D eigenvalue weighted by Crippen LogP contribution is -2.25. The number of aromatic nitrogens is 3. The fraction of sp³-hybridized carbons (Fsp3) is 0.250. The maximum atomic E-state index is 12.0. The Morgan fingerprint density at radius 3 is 2.95 bits per heavy atom. The van der Waals surface area contributed by atoms with Gasteiger partial charge < -0.3 is 10.7 Å². The molecule has 7 heteroatoms. The third-order valence-electron chi connectivity index (χ3n) is 2.64. The zero-order valence-corrected chi connectivity index (χ0v) is 10.8. The first-order valence-electron chi connectivity index (χ1n) is 5.80. The number of hydrogen-bond donors (Lipinski definition) is 3. The second-order valence-electron chi connectivity index (χ2n) is 4.18. The Morgan fingerprint density at radius 2 is 2.32 bits per heavy atom. The number of carbonyl (C=O) groups is 1. The van der Waals surface area contributed by atoms with Crippen LogP contribution in [0.4, 0.5) is 5.69 Å². The summed E-state index contributed by atoms with van der Waals surface area (Å²) < 4.78 is 1.68. The van der Waals surface area contributed by atoms with Crippen molar-refractivity contribution in [1.29, 1.82) is 0 Å². The van der Waals surface area contributed by atoms with E-state index in [4.69, 9.17) is 5.84 Å². The molecule has 7 nitrogen and oxygen atoms in total. The Balaban J connectivity index is 2.07. The van der Waals surface area contributed by atoms with Crippen molar-refractivity contribution in [2.24, 2.45) is 12.9 Å². The molecule has 0 unspecified atom stereocenters. The van der Waals surface area contributed by atoms with Crippen LogP contribution >= 0.6 is 0 Å². The predicted molar refractivity (Wildman–Crippen MR) is 71.2 cm³/mol. The van der Waals surface area contributed by atoms with Gasteiger partial charge in [0, 0.05) is 25.1 Å². The van der Waals surface area contributed by atoms with Crippen LogP contribution in [0.5, 0.6) is 0 Å². The average molecular weight is 260 g/mol. The van der Waals surface area contributed by atoms with Gasteiger partial charge in [-0.15, -0.1) is 0 Å². The molecule has 2 aromatic rings. The molecule has 1 amide bonds. The SMILES string of the molecule is Cc1cc(NN)c(C(=O)NCc2ccn(C)n2)cn1. The fourth-order valence-corrected chi connectivity index (χ4v) is 1.68. The van der Waals surface area contributed by atoms with Crippen molar-refractivity contribution in [2.75, 3.05) is 5.43 Å². The molecule has 0 aliphatic heterocycles. The lowest BCUT2D eigenvalue weighted by molar-refractivity contribution is 0.0950. The summed E-state index contributed by atoms with van der Waals surface area (Å²) in [6, 6.07) is 3.56. The molecule has 0 spiro atoms. The summed E-state index contributed by atoms with van der Waals surface area (Å²) in [5, 5.41) is 6.95. The monoisotopic (exact) mass is 260 g/mol. The van der Waals surface area contributed by atoms with Crippen LogP contribution in [0.2, 0.25) is 0 Å². The number of anilines is 1. The zero-order chi connectivity index (χ0) is 13.8. The number of rotatable bonds is 4. The molecule has 4 N–H and O–H groups in total. The molecule has 0 atom stereocenters. The summed E-state index contributed by atoms with van der Waals surface area (Å²) in [5.74, 6) is 5.15. The number of nitrogens with zero attached hydrogens (tertiary/aromatic N) is 3. The molecule has 0 aromatic carbocycles. The van der Waals surface area contributed by atoms with Crippen molar-refractivity contribution < 1.29 is 4.79 Å². The van der Waals surface area contributed by atoms with Gasteiger partial charge in [-0.1, -0.05) is 0 Å². The molecular weight excluding hydrogens is 244 g/mol. The van der Waals surface area contributed by atoms with E-state index in [0.717, 1.165) is 11.4 Å². The van der Waals surface area contributed by atoms with Crippen molar-refractivity contribution in [1.82, 2.24) is 20.1 Å². The number of hydrogen-bond acceptors (Lipinski definition) is 5. The highest BCUT2D eigenvalue weighted by Gasteiger charge is 2.12. The van der Waals surface area contributed by atoms with Crippen molar-refractivity contribution >= 4 is 11.6 Å². The summed E-state index contributed by atoms with van der Waals surface area (Å²) in [6.07, 6.45) is 3.32. The molecule has 0 saturated heterocycles. The Labute approximate surface area is 110 Å². The van der Waals surface area contributed by atoms with Crippen molar-refractivity contribution in [3.63, 3.8) is 0 Å². The van der Waals surface area contributed by atoms with Crippen molar-refractivity contribution in [3.05, 3.63) is 41.5 Å². The van der Waals surface area contributed by atoms with Crippen LogP contribution < -0.4 is 16.6 Å². The molecule has 19 heavy (non-hydrogen) atoms. The molecular formula is C12H16N6O. The van der Waals surface area contributed by atoms with E-state index in [0.29, 0.717) is 17.8 Å². The van der Waals surface area contributed by atoms with Crippen LogP contribution in [-0.2, 0) is 13.6 Å². The number of pyridine rings is 1. The molecule has 2 heterocycles. The van der Waals surface area contributed by atoms with Crippen LogP contribution in [0, 0.1) is 6.92 Å². The van der Waals surface area contributed by atoms with E-state index in [1.54, 1.807) is 10.7 Å². The Bertz CT molecular complexity index is 592. The molecule has 0 radical (unpaired) electrons. The van der Waals surface area contributed by atoms with Gasteiger partial charge in [0.2, 0.25) is 0 Å². The number of hydrazine groups is 1. The van der Waals surface area contributed by atoms with E-state index in [9.17, 15) is 4.79 Å². The number of nitrogens with two attached hydrogens (primary N) is 1. The maximum Gasteiger partial charge on any atom is 0.255 e. The Morgan fingerprint density at radius 1 is 1.53 bits per heavy atom. The van der Waals surface area contributed by atoms with Crippen LogP contribution in [-0.4, -0.2) is 20.7 Å². The van der Waals surface area contributed by atoms with Crippen molar-refractivity contribution in [2.45, 2.75) is 13.5 Å². The second-order valence-corrected chi connectivity index (χ2v) is 4.18. The zero-order valence-electron chi connectivity index (χ0n) is 10.8. The lowest BCUT2D eigenvalue weighted by atomic mass is 10.2. The minimum Gasteiger partial charge on any atom is -0.346 e. The highest BCUT2D eigenvalue weighted by Crippen LogP contribution is 2.14. The van der Waals surface area contributed by atoms with Gasteiger partial charge in [0.1, 0.15) is 0 Å². The van der Waals surface area contributed by atoms with E-state index < -0.39 is 0 Å². The molecule has 0 fully saturated rings. The van der Waals surface area contributed by atoms with Gasteiger partial charge in [-0.05, 0) is 19.1 Å².